The van der Waals surface area contributed by atoms with Crippen LogP contribution in [0, 0.1) is 0 Å². The highest BCUT2D eigenvalue weighted by molar-refractivity contribution is 6.09. The molecule has 4 aromatic rings. The summed E-state index contributed by atoms with van der Waals surface area (Å²) < 4.78 is 2.33. The first-order valence-corrected chi connectivity index (χ1v) is 7.66. The van der Waals surface area contributed by atoms with Gasteiger partial charge >= 0.3 is 0 Å². The second kappa shape index (κ2) is 5.32. The molecule has 3 aromatic carbocycles. The van der Waals surface area contributed by atoms with Crippen LogP contribution in [0.3, 0.4) is 0 Å². The van der Waals surface area contributed by atoms with Gasteiger partial charge in [0.2, 0.25) is 0 Å². The Morgan fingerprint density at radius 2 is 1.23 bits per heavy atom. The summed E-state index contributed by atoms with van der Waals surface area (Å²) >= 11 is 0. The molecule has 2 heteroatoms. The molecule has 4 rings (SSSR count). The maximum atomic E-state index is 5.64. The van der Waals surface area contributed by atoms with E-state index >= 15 is 0 Å². The number of fused-ring (bicyclic) bond motifs is 3. The van der Waals surface area contributed by atoms with Crippen LogP contribution in [-0.4, -0.2) is 11.1 Å². The predicted molar refractivity (Wildman–Crippen MR) is 93.5 cm³/mol. The van der Waals surface area contributed by atoms with E-state index < -0.39 is 0 Å². The lowest BCUT2D eigenvalue weighted by atomic mass is 10.1. The molecule has 2 nitrogen and oxygen atoms in total. The lowest BCUT2D eigenvalue weighted by Gasteiger charge is -2.08. The molecule has 0 saturated carbocycles. The van der Waals surface area contributed by atoms with Gasteiger partial charge in [0, 0.05) is 16.5 Å². The number of benzene rings is 3. The third kappa shape index (κ3) is 2.00. The highest BCUT2D eigenvalue weighted by Crippen LogP contribution is 2.31. The molecule has 0 aliphatic carbocycles. The average Bonchev–Trinajstić information content (AvgIpc) is 2.91. The minimum absolute atomic E-state index is 0.689. The molecule has 2 N–H and O–H groups in total. The normalized spacial score (nSPS) is 11.3. The van der Waals surface area contributed by atoms with Crippen LogP contribution >= 0.6 is 0 Å². The van der Waals surface area contributed by atoms with E-state index in [9.17, 15) is 0 Å². The minimum Gasteiger partial charge on any atom is -0.330 e. The summed E-state index contributed by atoms with van der Waals surface area (Å²) in [5.74, 6) is 0. The standard InChI is InChI=1S/C20H18N2/c21-14-13-15-9-11-16(12-10-15)22-19-7-3-1-5-17(19)18-6-2-4-8-20(18)22/h1-12H,13-14,21H2. The van der Waals surface area contributed by atoms with Gasteiger partial charge in [-0.3, -0.25) is 0 Å². The predicted octanol–water partition coefficient (Wildman–Crippen LogP) is 4.28. The molecule has 0 fully saturated rings. The quantitative estimate of drug-likeness (QED) is 0.598. The van der Waals surface area contributed by atoms with Crippen molar-refractivity contribution in [2.45, 2.75) is 6.42 Å². The molecule has 0 bridgehead atoms. The lowest BCUT2D eigenvalue weighted by molar-refractivity contribution is 0.967. The van der Waals surface area contributed by atoms with Crippen molar-refractivity contribution in [2.24, 2.45) is 5.73 Å². The number of hydrogen-bond acceptors (Lipinski definition) is 1. The molecule has 0 amide bonds. The van der Waals surface area contributed by atoms with Gasteiger partial charge in [0.25, 0.3) is 0 Å². The Balaban J connectivity index is 1.99. The zero-order chi connectivity index (χ0) is 14.9. The fraction of sp³-hybridized carbons (Fsp3) is 0.100. The van der Waals surface area contributed by atoms with Crippen molar-refractivity contribution in [3.8, 4) is 5.69 Å². The van der Waals surface area contributed by atoms with E-state index in [1.54, 1.807) is 0 Å². The number of hydrogen-bond donors (Lipinski definition) is 1. The molecule has 0 unspecified atom stereocenters. The molecule has 1 heterocycles. The van der Waals surface area contributed by atoms with Crippen molar-refractivity contribution in [2.75, 3.05) is 6.54 Å². The fourth-order valence-corrected chi connectivity index (χ4v) is 3.18. The average molecular weight is 286 g/mol. The Hall–Kier alpha value is -2.58. The second-order valence-corrected chi connectivity index (χ2v) is 5.57. The van der Waals surface area contributed by atoms with E-state index in [2.05, 4.69) is 77.4 Å². The Morgan fingerprint density at radius 1 is 0.682 bits per heavy atom. The first-order valence-electron chi connectivity index (χ1n) is 7.66. The summed E-state index contributed by atoms with van der Waals surface area (Å²) in [6.07, 6.45) is 0.924. The Bertz CT molecular complexity index is 880. The van der Waals surface area contributed by atoms with Gasteiger partial charge in [0.15, 0.2) is 0 Å². The van der Waals surface area contributed by atoms with Crippen LogP contribution < -0.4 is 5.73 Å². The van der Waals surface area contributed by atoms with E-state index in [4.69, 9.17) is 5.73 Å². The summed E-state index contributed by atoms with van der Waals surface area (Å²) in [7, 11) is 0. The van der Waals surface area contributed by atoms with Gasteiger partial charge in [-0.2, -0.15) is 0 Å². The molecule has 0 radical (unpaired) electrons. The third-order valence-corrected chi connectivity index (χ3v) is 4.21. The van der Waals surface area contributed by atoms with Gasteiger partial charge in [-0.1, -0.05) is 48.5 Å². The first-order chi connectivity index (χ1) is 10.9. The van der Waals surface area contributed by atoms with E-state index in [-0.39, 0.29) is 0 Å². The van der Waals surface area contributed by atoms with Gasteiger partial charge in [-0.25, -0.2) is 0 Å². The van der Waals surface area contributed by atoms with Crippen LogP contribution in [0.4, 0.5) is 0 Å². The van der Waals surface area contributed by atoms with Crippen LogP contribution in [0.25, 0.3) is 27.5 Å². The van der Waals surface area contributed by atoms with Gasteiger partial charge < -0.3 is 10.3 Å². The Kier molecular flexibility index (Phi) is 3.17. The number of para-hydroxylation sites is 2. The molecular formula is C20H18N2. The molecule has 0 atom stereocenters. The molecule has 0 aliphatic rings. The van der Waals surface area contributed by atoms with Gasteiger partial charge in [-0.15, -0.1) is 0 Å². The largest absolute Gasteiger partial charge is 0.330 e. The van der Waals surface area contributed by atoms with Gasteiger partial charge in [-0.05, 0) is 42.8 Å². The van der Waals surface area contributed by atoms with E-state index in [1.807, 2.05) is 0 Å². The maximum absolute atomic E-state index is 5.64. The number of nitrogens with zero attached hydrogens (tertiary/aromatic N) is 1. The van der Waals surface area contributed by atoms with E-state index in [0.29, 0.717) is 6.54 Å². The summed E-state index contributed by atoms with van der Waals surface area (Å²) in [4.78, 5) is 0. The highest BCUT2D eigenvalue weighted by atomic mass is 15.0. The molecule has 22 heavy (non-hydrogen) atoms. The van der Waals surface area contributed by atoms with Gasteiger partial charge in [0.1, 0.15) is 0 Å². The maximum Gasteiger partial charge on any atom is 0.0541 e. The fourth-order valence-electron chi connectivity index (χ4n) is 3.18. The minimum atomic E-state index is 0.689. The van der Waals surface area contributed by atoms with Crippen LogP contribution in [0.15, 0.2) is 72.8 Å². The summed E-state index contributed by atoms with van der Waals surface area (Å²) in [5, 5.41) is 2.59. The topological polar surface area (TPSA) is 30.9 Å². The highest BCUT2D eigenvalue weighted by Gasteiger charge is 2.10. The Labute approximate surface area is 129 Å². The molecule has 108 valence electrons. The SMILES string of the molecule is NCCc1ccc(-n2c3ccccc3c3ccccc32)cc1. The lowest BCUT2D eigenvalue weighted by Crippen LogP contribution is -2.02. The molecule has 0 saturated heterocycles. The molecular weight excluding hydrogens is 268 g/mol. The van der Waals surface area contributed by atoms with Crippen molar-refractivity contribution in [3.05, 3.63) is 78.4 Å². The summed E-state index contributed by atoms with van der Waals surface area (Å²) in [6, 6.07) is 25.9. The first kappa shape index (κ1) is 13.1. The smallest absolute Gasteiger partial charge is 0.0541 e. The number of rotatable bonds is 3. The third-order valence-electron chi connectivity index (χ3n) is 4.21. The second-order valence-electron chi connectivity index (χ2n) is 5.57. The van der Waals surface area contributed by atoms with Gasteiger partial charge in [0.05, 0.1) is 11.0 Å². The number of nitrogens with two attached hydrogens (primary N) is 1. The van der Waals surface area contributed by atoms with E-state index in [0.717, 1.165) is 6.42 Å². The van der Waals surface area contributed by atoms with E-state index in [1.165, 1.54) is 33.1 Å². The molecule has 1 aromatic heterocycles. The molecule has 0 aliphatic heterocycles. The van der Waals surface area contributed by atoms with Crippen molar-refractivity contribution in [1.29, 1.82) is 0 Å². The number of aromatic nitrogens is 1. The van der Waals surface area contributed by atoms with Crippen LogP contribution in [-0.2, 0) is 6.42 Å². The zero-order valence-electron chi connectivity index (χ0n) is 12.4. The van der Waals surface area contributed by atoms with Crippen molar-refractivity contribution < 1.29 is 0 Å². The van der Waals surface area contributed by atoms with Crippen molar-refractivity contribution >= 4 is 21.8 Å². The summed E-state index contributed by atoms with van der Waals surface area (Å²) in [5.41, 5.74) is 10.6. The van der Waals surface area contributed by atoms with Crippen LogP contribution in [0.5, 0.6) is 0 Å². The zero-order valence-corrected chi connectivity index (χ0v) is 12.4. The Morgan fingerprint density at radius 3 is 1.77 bits per heavy atom. The van der Waals surface area contributed by atoms with Crippen molar-refractivity contribution in [1.82, 2.24) is 4.57 Å². The monoisotopic (exact) mass is 286 g/mol. The molecule has 0 spiro atoms. The van der Waals surface area contributed by atoms with Crippen molar-refractivity contribution in [3.63, 3.8) is 0 Å². The summed E-state index contributed by atoms with van der Waals surface area (Å²) in [6.45, 7) is 0.689. The van der Waals surface area contributed by atoms with Crippen LogP contribution in [0.2, 0.25) is 0 Å². The van der Waals surface area contributed by atoms with Crippen LogP contribution in [0.1, 0.15) is 5.56 Å².